The minimum Gasteiger partial charge on any atom is -0.459 e. The van der Waals surface area contributed by atoms with Crippen molar-refractivity contribution in [3.05, 3.63) is 36.1 Å². The van der Waals surface area contributed by atoms with Crippen LogP contribution in [0.5, 0.6) is 0 Å². The zero-order valence-electron chi connectivity index (χ0n) is 11.8. The van der Waals surface area contributed by atoms with E-state index in [1.807, 2.05) is 37.0 Å². The van der Waals surface area contributed by atoms with E-state index in [4.69, 9.17) is 9.15 Å². The Hall–Kier alpha value is -0.970. The Kier molecular flexibility index (Phi) is 4.65. The lowest BCUT2D eigenvalue weighted by Crippen LogP contribution is -2.19. The monoisotopic (exact) mass is 291 g/mol. The fraction of sp³-hybridized carbons (Fsp3) is 0.500. The summed E-state index contributed by atoms with van der Waals surface area (Å²) in [4.78, 5) is 0. The van der Waals surface area contributed by atoms with Gasteiger partial charge in [-0.05, 0) is 32.0 Å². The maximum absolute atomic E-state index is 5.94. The standard InChI is InChI=1S/C16H21NO2S/c1-17-14(11-20-10-13-6-4-8-18-13)16-9-12-5-2-3-7-15(12)19-16/h2-3,5,7,9,13-14,17H,4,6,8,10-11H2,1H3. The van der Waals surface area contributed by atoms with E-state index in [2.05, 4.69) is 17.4 Å². The summed E-state index contributed by atoms with van der Waals surface area (Å²) < 4.78 is 11.6. The average molecular weight is 291 g/mol. The van der Waals surface area contributed by atoms with E-state index in [0.717, 1.165) is 29.5 Å². The molecule has 1 N–H and O–H groups in total. The van der Waals surface area contributed by atoms with Crippen molar-refractivity contribution in [2.45, 2.75) is 25.0 Å². The van der Waals surface area contributed by atoms with Gasteiger partial charge < -0.3 is 14.5 Å². The van der Waals surface area contributed by atoms with Crippen molar-refractivity contribution in [2.75, 3.05) is 25.2 Å². The van der Waals surface area contributed by atoms with E-state index in [9.17, 15) is 0 Å². The van der Waals surface area contributed by atoms with E-state index in [1.165, 1.54) is 18.2 Å². The number of thioether (sulfide) groups is 1. The Labute approximate surface area is 124 Å². The molecule has 1 fully saturated rings. The molecule has 0 aliphatic carbocycles. The maximum Gasteiger partial charge on any atom is 0.134 e. The minimum atomic E-state index is 0.258. The average Bonchev–Trinajstić information content (AvgIpc) is 3.12. The minimum absolute atomic E-state index is 0.258. The molecule has 0 saturated carbocycles. The van der Waals surface area contributed by atoms with Gasteiger partial charge in [-0.2, -0.15) is 11.8 Å². The summed E-state index contributed by atoms with van der Waals surface area (Å²) in [6, 6.07) is 10.6. The molecular weight excluding hydrogens is 270 g/mol. The number of para-hydroxylation sites is 1. The van der Waals surface area contributed by atoms with Gasteiger partial charge in [0.25, 0.3) is 0 Å². The zero-order chi connectivity index (χ0) is 13.8. The Morgan fingerprint density at radius 3 is 3.05 bits per heavy atom. The molecule has 2 atom stereocenters. The van der Waals surface area contributed by atoms with Gasteiger partial charge in [0.05, 0.1) is 12.1 Å². The van der Waals surface area contributed by atoms with E-state index >= 15 is 0 Å². The van der Waals surface area contributed by atoms with Crippen LogP contribution in [0.25, 0.3) is 11.0 Å². The first-order valence-electron chi connectivity index (χ1n) is 7.22. The second-order valence-electron chi connectivity index (χ2n) is 5.20. The first kappa shape index (κ1) is 14.0. The summed E-state index contributed by atoms with van der Waals surface area (Å²) in [7, 11) is 1.99. The number of nitrogens with one attached hydrogen (secondary N) is 1. The number of ether oxygens (including phenoxy) is 1. The first-order valence-corrected chi connectivity index (χ1v) is 8.37. The van der Waals surface area contributed by atoms with Gasteiger partial charge in [-0.3, -0.25) is 0 Å². The topological polar surface area (TPSA) is 34.4 Å². The molecule has 3 nitrogen and oxygen atoms in total. The Balaban J connectivity index is 1.60. The fourth-order valence-electron chi connectivity index (χ4n) is 2.57. The molecule has 4 heteroatoms. The van der Waals surface area contributed by atoms with Crippen LogP contribution in [0.15, 0.2) is 34.7 Å². The predicted molar refractivity (Wildman–Crippen MR) is 84.3 cm³/mol. The summed E-state index contributed by atoms with van der Waals surface area (Å²) in [5.74, 6) is 3.11. The molecule has 1 aromatic heterocycles. The molecule has 0 bridgehead atoms. The molecule has 1 aliphatic rings. The molecule has 20 heavy (non-hydrogen) atoms. The summed E-state index contributed by atoms with van der Waals surface area (Å²) in [5.41, 5.74) is 0.965. The normalized spacial score (nSPS) is 20.6. The molecule has 0 spiro atoms. The summed E-state index contributed by atoms with van der Waals surface area (Å²) in [5, 5.41) is 4.52. The molecule has 1 saturated heterocycles. The van der Waals surface area contributed by atoms with Gasteiger partial charge in [-0.15, -0.1) is 0 Å². The molecule has 2 unspecified atom stereocenters. The van der Waals surface area contributed by atoms with Crippen LogP contribution in [0.1, 0.15) is 24.6 Å². The SMILES string of the molecule is CNC(CSCC1CCCO1)c1cc2ccccc2o1. The number of fused-ring (bicyclic) bond motifs is 1. The van der Waals surface area contributed by atoms with Gasteiger partial charge in [0.2, 0.25) is 0 Å². The van der Waals surface area contributed by atoms with Gasteiger partial charge in [0, 0.05) is 23.5 Å². The van der Waals surface area contributed by atoms with Gasteiger partial charge in [-0.1, -0.05) is 18.2 Å². The highest BCUT2D eigenvalue weighted by atomic mass is 32.2. The maximum atomic E-state index is 5.94. The van der Waals surface area contributed by atoms with Crippen LogP contribution < -0.4 is 5.32 Å². The van der Waals surface area contributed by atoms with Crippen molar-refractivity contribution in [3.8, 4) is 0 Å². The van der Waals surface area contributed by atoms with E-state index < -0.39 is 0 Å². The van der Waals surface area contributed by atoms with Crippen LogP contribution in [0.3, 0.4) is 0 Å². The third kappa shape index (κ3) is 3.19. The summed E-state index contributed by atoms with van der Waals surface area (Å²) in [6.07, 6.45) is 2.87. The largest absolute Gasteiger partial charge is 0.459 e. The van der Waals surface area contributed by atoms with E-state index in [-0.39, 0.29) is 6.04 Å². The van der Waals surface area contributed by atoms with Crippen molar-refractivity contribution < 1.29 is 9.15 Å². The van der Waals surface area contributed by atoms with Crippen LogP contribution in [0, 0.1) is 0 Å². The molecule has 0 amide bonds. The smallest absolute Gasteiger partial charge is 0.134 e. The van der Waals surface area contributed by atoms with Crippen LogP contribution in [-0.2, 0) is 4.74 Å². The van der Waals surface area contributed by atoms with Gasteiger partial charge in [0.15, 0.2) is 0 Å². The lowest BCUT2D eigenvalue weighted by molar-refractivity contribution is 0.129. The molecule has 2 heterocycles. The second-order valence-corrected chi connectivity index (χ2v) is 6.28. The highest BCUT2D eigenvalue weighted by Crippen LogP contribution is 2.27. The first-order chi connectivity index (χ1) is 9.86. The Morgan fingerprint density at radius 2 is 2.30 bits per heavy atom. The highest BCUT2D eigenvalue weighted by Gasteiger charge is 2.18. The molecular formula is C16H21NO2S. The number of rotatable bonds is 6. The molecule has 1 aromatic carbocycles. The van der Waals surface area contributed by atoms with Crippen LogP contribution in [0.2, 0.25) is 0 Å². The lowest BCUT2D eigenvalue weighted by Gasteiger charge is -2.14. The second kappa shape index (κ2) is 6.66. The molecule has 108 valence electrons. The number of hydrogen-bond donors (Lipinski definition) is 1. The lowest BCUT2D eigenvalue weighted by atomic mass is 10.2. The Bertz CT molecular complexity index is 515. The van der Waals surface area contributed by atoms with Crippen molar-refractivity contribution in [1.29, 1.82) is 0 Å². The van der Waals surface area contributed by atoms with Crippen LogP contribution in [0.4, 0.5) is 0 Å². The Morgan fingerprint density at radius 1 is 1.40 bits per heavy atom. The summed E-state index contributed by atoms with van der Waals surface area (Å²) >= 11 is 1.94. The van der Waals surface area contributed by atoms with Crippen molar-refractivity contribution in [1.82, 2.24) is 5.32 Å². The highest BCUT2D eigenvalue weighted by molar-refractivity contribution is 7.99. The number of benzene rings is 1. The van der Waals surface area contributed by atoms with Gasteiger partial charge in [0.1, 0.15) is 11.3 Å². The fourth-order valence-corrected chi connectivity index (χ4v) is 3.80. The quantitative estimate of drug-likeness (QED) is 0.881. The van der Waals surface area contributed by atoms with Crippen molar-refractivity contribution in [2.24, 2.45) is 0 Å². The van der Waals surface area contributed by atoms with E-state index in [0.29, 0.717) is 6.10 Å². The predicted octanol–water partition coefficient (Wildman–Crippen LogP) is 3.61. The number of furan rings is 1. The van der Waals surface area contributed by atoms with Crippen molar-refractivity contribution >= 4 is 22.7 Å². The zero-order valence-corrected chi connectivity index (χ0v) is 12.6. The molecule has 3 rings (SSSR count). The van der Waals surface area contributed by atoms with Gasteiger partial charge >= 0.3 is 0 Å². The van der Waals surface area contributed by atoms with Crippen molar-refractivity contribution in [3.63, 3.8) is 0 Å². The van der Waals surface area contributed by atoms with E-state index in [1.54, 1.807) is 0 Å². The van der Waals surface area contributed by atoms with Crippen LogP contribution >= 0.6 is 11.8 Å². The van der Waals surface area contributed by atoms with Crippen LogP contribution in [-0.4, -0.2) is 31.3 Å². The third-order valence-corrected chi connectivity index (χ3v) is 4.93. The third-order valence-electron chi connectivity index (χ3n) is 3.75. The molecule has 1 aliphatic heterocycles. The molecule has 0 radical (unpaired) electrons. The van der Waals surface area contributed by atoms with Gasteiger partial charge in [-0.25, -0.2) is 0 Å². The molecule has 2 aromatic rings. The number of hydrogen-bond acceptors (Lipinski definition) is 4. The summed E-state index contributed by atoms with van der Waals surface area (Å²) in [6.45, 7) is 0.935.